The zero-order valence-corrected chi connectivity index (χ0v) is 12.2. The van der Waals surface area contributed by atoms with Crippen LogP contribution in [0.2, 0.25) is 0 Å². The molecule has 0 bridgehead atoms. The summed E-state index contributed by atoms with van der Waals surface area (Å²) in [6, 6.07) is -0.515. The molecule has 0 amide bonds. The molecule has 2 aromatic heterocycles. The van der Waals surface area contributed by atoms with Crippen molar-refractivity contribution in [3.8, 4) is 0 Å². The van der Waals surface area contributed by atoms with Crippen LogP contribution in [-0.4, -0.2) is 40.8 Å². The number of sulfonamides is 1. The molecule has 0 spiro atoms. The summed E-state index contributed by atoms with van der Waals surface area (Å²) in [5, 5.41) is 15.9. The van der Waals surface area contributed by atoms with Gasteiger partial charge < -0.3 is 5.32 Å². The van der Waals surface area contributed by atoms with Crippen LogP contribution in [0.1, 0.15) is 30.2 Å². The second-order valence-corrected chi connectivity index (χ2v) is 6.02. The number of aromatic nitrogens is 5. The molecule has 0 aromatic carbocycles. The fourth-order valence-electron chi connectivity index (χ4n) is 1.88. The maximum absolute atomic E-state index is 12.5. The summed E-state index contributed by atoms with van der Waals surface area (Å²) in [7, 11) is -1.97. The minimum Gasteiger partial charge on any atom is -0.314 e. The topological polar surface area (TPSA) is 128 Å². The SMILES string of the molecule is CNCc1n[nH]c(C)c1S(=O)(=O)NC(C)c1ncn[nH]1. The van der Waals surface area contributed by atoms with Gasteiger partial charge in [0, 0.05) is 6.54 Å². The first-order valence-electron chi connectivity index (χ1n) is 6.01. The minimum absolute atomic E-state index is 0.165. The summed E-state index contributed by atoms with van der Waals surface area (Å²) in [6.07, 6.45) is 1.33. The van der Waals surface area contributed by atoms with Crippen LogP contribution in [0.25, 0.3) is 0 Å². The maximum atomic E-state index is 12.5. The van der Waals surface area contributed by atoms with E-state index < -0.39 is 16.1 Å². The van der Waals surface area contributed by atoms with Crippen molar-refractivity contribution in [2.45, 2.75) is 31.3 Å². The van der Waals surface area contributed by atoms with Crippen molar-refractivity contribution in [1.29, 1.82) is 0 Å². The standard InChI is InChI=1S/C10H17N7O2S/c1-6-9(8(4-11-3)15-14-6)20(18,19)17-7(2)10-12-5-13-16-10/h5,7,11,17H,4H2,1-3H3,(H,14,15)(H,12,13,16). The van der Waals surface area contributed by atoms with Crippen LogP contribution in [0.15, 0.2) is 11.2 Å². The van der Waals surface area contributed by atoms with Gasteiger partial charge in [-0.3, -0.25) is 10.2 Å². The molecule has 1 atom stereocenters. The van der Waals surface area contributed by atoms with Crippen LogP contribution in [0.3, 0.4) is 0 Å². The van der Waals surface area contributed by atoms with Crippen molar-refractivity contribution in [3.05, 3.63) is 23.5 Å². The van der Waals surface area contributed by atoms with Gasteiger partial charge in [-0.05, 0) is 20.9 Å². The molecule has 0 aliphatic heterocycles. The molecule has 0 aliphatic rings. The molecule has 2 rings (SSSR count). The molecule has 0 aliphatic carbocycles. The number of rotatable bonds is 6. The molecule has 20 heavy (non-hydrogen) atoms. The number of hydrogen-bond acceptors (Lipinski definition) is 6. The second-order valence-electron chi connectivity index (χ2n) is 4.37. The molecule has 110 valence electrons. The van der Waals surface area contributed by atoms with Gasteiger partial charge in [-0.1, -0.05) is 0 Å². The minimum atomic E-state index is -3.70. The van der Waals surface area contributed by atoms with Crippen LogP contribution in [-0.2, 0) is 16.6 Å². The number of nitrogens with zero attached hydrogens (tertiary/aromatic N) is 3. The summed E-state index contributed by atoms with van der Waals surface area (Å²) in [4.78, 5) is 4.10. The van der Waals surface area contributed by atoms with E-state index in [1.54, 1.807) is 20.9 Å². The highest BCUT2D eigenvalue weighted by Gasteiger charge is 2.26. The lowest BCUT2D eigenvalue weighted by molar-refractivity contribution is 0.558. The largest absolute Gasteiger partial charge is 0.314 e. The fourth-order valence-corrected chi connectivity index (χ4v) is 3.46. The summed E-state index contributed by atoms with van der Waals surface area (Å²) in [6.45, 7) is 3.71. The van der Waals surface area contributed by atoms with Crippen molar-refractivity contribution >= 4 is 10.0 Å². The van der Waals surface area contributed by atoms with E-state index in [1.807, 2.05) is 0 Å². The van der Waals surface area contributed by atoms with Crippen LogP contribution < -0.4 is 10.0 Å². The van der Waals surface area contributed by atoms with E-state index in [-0.39, 0.29) is 4.90 Å². The molecule has 4 N–H and O–H groups in total. The Labute approximate surface area is 116 Å². The fraction of sp³-hybridized carbons (Fsp3) is 0.500. The smallest absolute Gasteiger partial charge is 0.244 e. The number of aromatic amines is 2. The van der Waals surface area contributed by atoms with E-state index in [9.17, 15) is 8.42 Å². The van der Waals surface area contributed by atoms with Gasteiger partial charge in [0.2, 0.25) is 10.0 Å². The van der Waals surface area contributed by atoms with Gasteiger partial charge in [0.15, 0.2) is 0 Å². The first kappa shape index (κ1) is 14.6. The molecular weight excluding hydrogens is 282 g/mol. The zero-order chi connectivity index (χ0) is 14.8. The summed E-state index contributed by atoms with van der Waals surface area (Å²) in [5.41, 5.74) is 0.940. The van der Waals surface area contributed by atoms with Gasteiger partial charge in [0.1, 0.15) is 17.0 Å². The Kier molecular flexibility index (Phi) is 4.16. The molecule has 0 fully saturated rings. The van der Waals surface area contributed by atoms with Crippen molar-refractivity contribution in [2.75, 3.05) is 7.05 Å². The van der Waals surface area contributed by atoms with Gasteiger partial charge in [0.25, 0.3) is 0 Å². The van der Waals surface area contributed by atoms with Gasteiger partial charge in [-0.25, -0.2) is 18.1 Å². The Balaban J connectivity index is 2.29. The van der Waals surface area contributed by atoms with E-state index in [2.05, 4.69) is 35.4 Å². The van der Waals surface area contributed by atoms with Crippen LogP contribution in [0.5, 0.6) is 0 Å². The first-order chi connectivity index (χ1) is 9.45. The van der Waals surface area contributed by atoms with Gasteiger partial charge >= 0.3 is 0 Å². The van der Waals surface area contributed by atoms with E-state index in [0.29, 0.717) is 23.8 Å². The van der Waals surface area contributed by atoms with E-state index in [4.69, 9.17) is 0 Å². The highest BCUT2D eigenvalue weighted by atomic mass is 32.2. The van der Waals surface area contributed by atoms with Crippen molar-refractivity contribution in [1.82, 2.24) is 35.4 Å². The van der Waals surface area contributed by atoms with Crippen LogP contribution in [0.4, 0.5) is 0 Å². The molecule has 2 heterocycles. The molecule has 9 nitrogen and oxygen atoms in total. The molecule has 0 saturated heterocycles. The normalized spacial score (nSPS) is 13.6. The highest BCUT2D eigenvalue weighted by Crippen LogP contribution is 2.19. The molecular formula is C10H17N7O2S. The first-order valence-corrected chi connectivity index (χ1v) is 7.50. The highest BCUT2D eigenvalue weighted by molar-refractivity contribution is 7.89. The van der Waals surface area contributed by atoms with Gasteiger partial charge in [-0.15, -0.1) is 0 Å². The lowest BCUT2D eigenvalue weighted by atomic mass is 10.3. The lowest BCUT2D eigenvalue weighted by Gasteiger charge is -2.12. The third-order valence-corrected chi connectivity index (χ3v) is 4.49. The van der Waals surface area contributed by atoms with Crippen LogP contribution in [0, 0.1) is 6.92 Å². The average molecular weight is 299 g/mol. The predicted molar refractivity (Wildman–Crippen MR) is 71.2 cm³/mol. The van der Waals surface area contributed by atoms with Crippen molar-refractivity contribution in [3.63, 3.8) is 0 Å². The van der Waals surface area contributed by atoms with E-state index in [0.717, 1.165) is 0 Å². The Bertz CT molecular complexity index is 662. The van der Waals surface area contributed by atoms with Gasteiger partial charge in [-0.2, -0.15) is 10.2 Å². The Morgan fingerprint density at radius 2 is 2.15 bits per heavy atom. The molecule has 0 radical (unpaired) electrons. The second kappa shape index (κ2) is 5.69. The van der Waals surface area contributed by atoms with E-state index >= 15 is 0 Å². The molecule has 2 aromatic rings. The monoisotopic (exact) mass is 299 g/mol. The Morgan fingerprint density at radius 1 is 1.40 bits per heavy atom. The average Bonchev–Trinajstić information content (AvgIpc) is 2.99. The van der Waals surface area contributed by atoms with Crippen molar-refractivity contribution in [2.24, 2.45) is 0 Å². The molecule has 10 heteroatoms. The quantitative estimate of drug-likeness (QED) is 0.574. The third-order valence-electron chi connectivity index (χ3n) is 2.75. The predicted octanol–water partition coefficient (Wildman–Crippen LogP) is -0.405. The zero-order valence-electron chi connectivity index (χ0n) is 11.4. The van der Waals surface area contributed by atoms with Gasteiger partial charge in [0.05, 0.1) is 17.4 Å². The lowest BCUT2D eigenvalue weighted by Crippen LogP contribution is -2.29. The third kappa shape index (κ3) is 2.86. The van der Waals surface area contributed by atoms with Crippen molar-refractivity contribution < 1.29 is 8.42 Å². The summed E-state index contributed by atoms with van der Waals surface area (Å²) < 4.78 is 27.5. The summed E-state index contributed by atoms with van der Waals surface area (Å²) in [5.74, 6) is 0.449. The maximum Gasteiger partial charge on any atom is 0.244 e. The number of aryl methyl sites for hydroxylation is 1. The molecule has 1 unspecified atom stereocenters. The molecule has 0 saturated carbocycles. The van der Waals surface area contributed by atoms with Crippen LogP contribution >= 0.6 is 0 Å². The van der Waals surface area contributed by atoms with E-state index in [1.165, 1.54) is 6.33 Å². The summed E-state index contributed by atoms with van der Waals surface area (Å²) >= 11 is 0. The number of hydrogen-bond donors (Lipinski definition) is 4. The Hall–Kier alpha value is -1.78. The Morgan fingerprint density at radius 3 is 2.75 bits per heavy atom. The number of H-pyrrole nitrogens is 2. The number of nitrogens with one attached hydrogen (secondary N) is 4.